The Kier molecular flexibility index (Phi) is 9.68. The molecule has 1 saturated carbocycles. The summed E-state index contributed by atoms with van der Waals surface area (Å²) in [5, 5.41) is 2.72. The molecule has 174 valence electrons. The van der Waals surface area contributed by atoms with E-state index in [4.69, 9.17) is 0 Å². The van der Waals surface area contributed by atoms with Crippen LogP contribution in [-0.4, -0.2) is 35.5 Å². The number of alkyl halides is 3. The molecule has 1 aromatic rings. The van der Waals surface area contributed by atoms with Crippen molar-refractivity contribution >= 4 is 11.9 Å². The van der Waals surface area contributed by atoms with E-state index >= 15 is 0 Å². The lowest BCUT2D eigenvalue weighted by Gasteiger charge is -2.18. The van der Waals surface area contributed by atoms with E-state index in [1.165, 1.54) is 12.6 Å². The predicted octanol–water partition coefficient (Wildman–Crippen LogP) is 5.10. The molecule has 0 bridgehead atoms. The van der Waals surface area contributed by atoms with Crippen molar-refractivity contribution in [1.29, 1.82) is 0 Å². The summed E-state index contributed by atoms with van der Waals surface area (Å²) >= 11 is 0. The standard InChI is InChI=1S/C14H21NO.C10H10F3N3/c1-4-7-9-13(10-8-5-2)11-12-14(16)15-6-3;11-10(12,13)8-1-2-14-9(15-8)16-4-6-3-7(6)5-16/h4,7-12H,5-6H2,1-3H3,(H,15,16);1-2,6-7H,3-5H2/b7-4-,10-8+,12-11+,13-9+;. The Morgan fingerprint density at radius 1 is 1.22 bits per heavy atom. The number of fused-ring (bicyclic) bond motifs is 1. The molecule has 1 N–H and O–H groups in total. The van der Waals surface area contributed by atoms with Crippen LogP contribution in [0.2, 0.25) is 0 Å². The van der Waals surface area contributed by atoms with Crippen molar-refractivity contribution in [2.45, 2.75) is 39.8 Å². The summed E-state index contributed by atoms with van der Waals surface area (Å²) in [4.78, 5) is 20.5. The van der Waals surface area contributed by atoms with Crippen molar-refractivity contribution in [2.75, 3.05) is 24.5 Å². The molecule has 8 heteroatoms. The number of allylic oxidation sites excluding steroid dienone is 7. The first-order chi connectivity index (χ1) is 15.3. The molecule has 1 aliphatic carbocycles. The van der Waals surface area contributed by atoms with Crippen molar-refractivity contribution in [3.8, 4) is 0 Å². The topological polar surface area (TPSA) is 58.1 Å². The van der Waals surface area contributed by atoms with Gasteiger partial charge >= 0.3 is 6.18 Å². The zero-order valence-corrected chi connectivity index (χ0v) is 18.8. The van der Waals surface area contributed by atoms with Crippen LogP contribution in [0.1, 0.15) is 39.3 Å². The van der Waals surface area contributed by atoms with Gasteiger partial charge in [0, 0.05) is 31.9 Å². The van der Waals surface area contributed by atoms with Gasteiger partial charge in [-0.15, -0.1) is 0 Å². The van der Waals surface area contributed by atoms with Crippen LogP contribution in [0.4, 0.5) is 19.1 Å². The first-order valence-corrected chi connectivity index (χ1v) is 10.9. The molecule has 1 saturated heterocycles. The fraction of sp³-hybridized carbons (Fsp3) is 0.458. The lowest BCUT2D eigenvalue weighted by Crippen LogP contribution is -2.25. The van der Waals surface area contributed by atoms with Gasteiger partial charge in [-0.2, -0.15) is 13.2 Å². The molecular formula is C24H31F3N4O. The smallest absolute Gasteiger partial charge is 0.353 e. The van der Waals surface area contributed by atoms with Gasteiger partial charge in [-0.25, -0.2) is 9.97 Å². The number of hydrogen-bond donors (Lipinski definition) is 1. The zero-order chi connectivity index (χ0) is 23.6. The number of aromatic nitrogens is 2. The summed E-state index contributed by atoms with van der Waals surface area (Å²) in [6.07, 6.45) is 12.3. The van der Waals surface area contributed by atoms with Gasteiger partial charge < -0.3 is 10.2 Å². The number of amides is 1. The molecule has 2 heterocycles. The Balaban J connectivity index is 0.000000227. The SMILES string of the molecule is C\C=C/C=C(\C=C\CC)/C=C/C(=O)NCC.FC(F)(F)c1ccnc(N2CC3CC3C2)n1. The number of nitrogens with zero attached hydrogens (tertiary/aromatic N) is 3. The summed E-state index contributed by atoms with van der Waals surface area (Å²) in [6, 6.07) is 0.903. The lowest BCUT2D eigenvalue weighted by molar-refractivity contribution is -0.141. The molecule has 2 atom stereocenters. The van der Waals surface area contributed by atoms with Crippen LogP contribution in [0.15, 0.2) is 60.4 Å². The number of piperidine rings is 1. The van der Waals surface area contributed by atoms with Gasteiger partial charge in [-0.05, 0) is 56.2 Å². The zero-order valence-electron chi connectivity index (χ0n) is 18.8. The van der Waals surface area contributed by atoms with Gasteiger partial charge in [0.15, 0.2) is 0 Å². The van der Waals surface area contributed by atoms with Crippen LogP contribution in [0, 0.1) is 11.8 Å². The minimum absolute atomic E-state index is 0.0567. The largest absolute Gasteiger partial charge is 0.433 e. The summed E-state index contributed by atoms with van der Waals surface area (Å²) in [7, 11) is 0. The second-order valence-electron chi connectivity index (χ2n) is 7.63. The van der Waals surface area contributed by atoms with Gasteiger partial charge in [0.25, 0.3) is 0 Å². The van der Waals surface area contributed by atoms with Gasteiger partial charge in [0.05, 0.1) is 0 Å². The van der Waals surface area contributed by atoms with Crippen molar-refractivity contribution in [3.63, 3.8) is 0 Å². The van der Waals surface area contributed by atoms with Gasteiger partial charge in [-0.1, -0.05) is 37.3 Å². The summed E-state index contributed by atoms with van der Waals surface area (Å²) in [5.41, 5.74) is 0.157. The number of halogens is 3. The number of likely N-dealkylation sites (N-methyl/N-ethyl adjacent to an activating group) is 1. The fourth-order valence-corrected chi connectivity index (χ4v) is 3.25. The highest BCUT2D eigenvalue weighted by Gasteiger charge is 2.46. The third-order valence-corrected chi connectivity index (χ3v) is 5.00. The third-order valence-electron chi connectivity index (χ3n) is 5.00. The van der Waals surface area contributed by atoms with Crippen LogP contribution < -0.4 is 10.2 Å². The fourth-order valence-electron chi connectivity index (χ4n) is 3.25. The number of rotatable bonds is 7. The molecule has 2 unspecified atom stereocenters. The number of carbonyl (C=O) groups excluding carboxylic acids is 1. The van der Waals surface area contributed by atoms with E-state index in [1.807, 2.05) is 49.1 Å². The molecular weight excluding hydrogens is 417 g/mol. The Hall–Kier alpha value is -2.90. The number of carbonyl (C=O) groups is 1. The van der Waals surface area contributed by atoms with Crippen LogP contribution in [0.25, 0.3) is 0 Å². The van der Waals surface area contributed by atoms with Crippen LogP contribution >= 0.6 is 0 Å². The van der Waals surface area contributed by atoms with Crippen LogP contribution in [0.5, 0.6) is 0 Å². The molecule has 2 fully saturated rings. The Morgan fingerprint density at radius 2 is 1.94 bits per heavy atom. The lowest BCUT2D eigenvalue weighted by atomic mass is 10.2. The molecule has 2 aliphatic rings. The molecule has 1 amide bonds. The Morgan fingerprint density at radius 3 is 2.53 bits per heavy atom. The first-order valence-electron chi connectivity index (χ1n) is 10.9. The second kappa shape index (κ2) is 12.2. The Bertz CT molecular complexity index is 864. The van der Waals surface area contributed by atoms with E-state index < -0.39 is 11.9 Å². The van der Waals surface area contributed by atoms with E-state index in [0.717, 1.165) is 31.1 Å². The molecule has 0 spiro atoms. The molecule has 0 radical (unpaired) electrons. The van der Waals surface area contributed by atoms with Crippen LogP contribution in [0.3, 0.4) is 0 Å². The minimum Gasteiger partial charge on any atom is -0.353 e. The van der Waals surface area contributed by atoms with Crippen molar-refractivity contribution < 1.29 is 18.0 Å². The third kappa shape index (κ3) is 8.32. The monoisotopic (exact) mass is 448 g/mol. The molecule has 5 nitrogen and oxygen atoms in total. The number of hydrogen-bond acceptors (Lipinski definition) is 4. The maximum absolute atomic E-state index is 12.4. The maximum Gasteiger partial charge on any atom is 0.433 e. The van der Waals surface area contributed by atoms with Gasteiger partial charge in [0.2, 0.25) is 11.9 Å². The normalized spacial score (nSPS) is 20.6. The first kappa shape index (κ1) is 25.4. The summed E-state index contributed by atoms with van der Waals surface area (Å²) in [5.74, 6) is 1.46. The van der Waals surface area contributed by atoms with E-state index in [-0.39, 0.29) is 11.9 Å². The van der Waals surface area contributed by atoms with E-state index in [2.05, 4.69) is 28.3 Å². The molecule has 1 aliphatic heterocycles. The number of anilines is 1. The highest BCUT2D eigenvalue weighted by Crippen LogP contribution is 2.45. The van der Waals surface area contributed by atoms with Crippen molar-refractivity contribution in [1.82, 2.24) is 15.3 Å². The summed E-state index contributed by atoms with van der Waals surface area (Å²) in [6.45, 7) is 8.20. The molecule has 32 heavy (non-hydrogen) atoms. The maximum atomic E-state index is 12.4. The highest BCUT2D eigenvalue weighted by molar-refractivity contribution is 5.88. The molecule has 1 aromatic heterocycles. The average Bonchev–Trinajstić information content (AvgIpc) is 3.38. The minimum atomic E-state index is -4.39. The van der Waals surface area contributed by atoms with Gasteiger partial charge in [-0.3, -0.25) is 4.79 Å². The van der Waals surface area contributed by atoms with E-state index in [9.17, 15) is 18.0 Å². The highest BCUT2D eigenvalue weighted by atomic mass is 19.4. The van der Waals surface area contributed by atoms with Crippen molar-refractivity contribution in [2.24, 2.45) is 11.8 Å². The van der Waals surface area contributed by atoms with Crippen molar-refractivity contribution in [3.05, 3.63) is 66.1 Å². The quantitative estimate of drug-likeness (QED) is 0.466. The van der Waals surface area contributed by atoms with Gasteiger partial charge in [0.1, 0.15) is 5.69 Å². The molecule has 0 aromatic carbocycles. The van der Waals surface area contributed by atoms with Crippen LogP contribution in [-0.2, 0) is 11.0 Å². The van der Waals surface area contributed by atoms with E-state index in [0.29, 0.717) is 18.4 Å². The Labute approximate surface area is 187 Å². The number of nitrogens with one attached hydrogen (secondary N) is 1. The average molecular weight is 449 g/mol. The molecule has 3 rings (SSSR count). The predicted molar refractivity (Wildman–Crippen MR) is 121 cm³/mol. The summed E-state index contributed by atoms with van der Waals surface area (Å²) < 4.78 is 37.3. The second-order valence-corrected chi connectivity index (χ2v) is 7.63. The van der Waals surface area contributed by atoms with E-state index in [1.54, 1.807) is 6.08 Å².